The Hall–Kier alpha value is -6.23. The van der Waals surface area contributed by atoms with Crippen LogP contribution in [-0.4, -0.2) is 88.5 Å². The number of rotatable bonds is 20. The SMILES string of the molecule is Cc1ncsc1-c1ccc(CNC(=O)[C@@H]2CCCN2C(=O)[C@@H](NC(=O)COCCCCCNC(=O)CCCc2ccc(N3C(=S)N(c4ccc(C#N)c(C(F)(F)F)c4)C(=O)C3(C)C)cc2)C(C)(C)C)cc1. The topological polar surface area (TPSA) is 177 Å². The van der Waals surface area contributed by atoms with E-state index in [0.717, 1.165) is 57.1 Å². The van der Waals surface area contributed by atoms with E-state index in [4.69, 9.17) is 17.0 Å². The Bertz CT molecular complexity index is 2620. The van der Waals surface area contributed by atoms with Gasteiger partial charge in [0.1, 0.15) is 24.2 Å². The lowest BCUT2D eigenvalue weighted by molar-refractivity contribution is -0.144. The first-order valence-corrected chi connectivity index (χ1v) is 25.0. The molecule has 0 saturated carbocycles. The number of thiocarbonyl (C=S) groups is 1. The third-order valence-electron chi connectivity index (χ3n) is 12.6. The molecule has 3 heterocycles. The number of hydrogen-bond donors (Lipinski definition) is 3. The summed E-state index contributed by atoms with van der Waals surface area (Å²) < 4.78 is 46.8. The maximum absolute atomic E-state index is 13.9. The largest absolute Gasteiger partial charge is 0.417 e. The van der Waals surface area contributed by atoms with Gasteiger partial charge < -0.3 is 30.5 Å². The van der Waals surface area contributed by atoms with Gasteiger partial charge in [-0.25, -0.2) is 4.98 Å². The van der Waals surface area contributed by atoms with Crippen molar-refractivity contribution >= 4 is 69.6 Å². The van der Waals surface area contributed by atoms with Crippen LogP contribution in [-0.2, 0) is 47.9 Å². The van der Waals surface area contributed by atoms with E-state index in [0.29, 0.717) is 70.5 Å². The van der Waals surface area contributed by atoms with E-state index in [-0.39, 0.29) is 35.1 Å². The van der Waals surface area contributed by atoms with Crippen LogP contribution < -0.4 is 25.8 Å². The van der Waals surface area contributed by atoms with Crippen LogP contribution in [0.2, 0.25) is 0 Å². The Morgan fingerprint density at radius 2 is 1.63 bits per heavy atom. The van der Waals surface area contributed by atoms with Gasteiger partial charge in [-0.1, -0.05) is 57.2 Å². The summed E-state index contributed by atoms with van der Waals surface area (Å²) in [7, 11) is 0. The van der Waals surface area contributed by atoms with Crippen LogP contribution in [0.4, 0.5) is 24.5 Å². The van der Waals surface area contributed by atoms with Crippen LogP contribution in [0.3, 0.4) is 0 Å². The van der Waals surface area contributed by atoms with Crippen LogP contribution in [0.15, 0.2) is 72.2 Å². The summed E-state index contributed by atoms with van der Waals surface area (Å²) >= 11 is 7.22. The Morgan fingerprint density at radius 3 is 2.28 bits per heavy atom. The third-order valence-corrected chi connectivity index (χ3v) is 14.0. The number of nitrogens with zero attached hydrogens (tertiary/aromatic N) is 5. The summed E-state index contributed by atoms with van der Waals surface area (Å²) in [5, 5.41) is 18.0. The highest BCUT2D eigenvalue weighted by Gasteiger charge is 2.51. The summed E-state index contributed by atoms with van der Waals surface area (Å²) in [6.45, 7) is 12.2. The van der Waals surface area contributed by atoms with Crippen molar-refractivity contribution in [2.75, 3.05) is 36.1 Å². The number of aryl methyl sites for hydroxylation is 2. The zero-order chi connectivity index (χ0) is 51.7. The minimum atomic E-state index is -4.80. The molecule has 6 rings (SSSR count). The number of benzene rings is 3. The van der Waals surface area contributed by atoms with Gasteiger partial charge in [-0.3, -0.25) is 28.9 Å². The number of alkyl halides is 3. The molecule has 2 aliphatic heterocycles. The number of nitriles is 1. The standard InChI is InChI=1S/C52H61F3N8O6S2/c1-33-44(71-32-59-33)36-19-15-35(16-20-36)30-58-46(66)41-13-11-26-61(41)47(67)45(50(2,3)4)60-43(65)31-69-27-9-7-8-25-57-42(64)14-10-12-34-17-22-38(23-18-34)63-49(70)62(48(68)51(63,5)6)39-24-21-37(29-56)40(28-39)52(53,54)55/h15-24,28,32,41,45H,7-14,25-27,30-31H2,1-6H3,(H,57,64)(H,58,66)(H,60,65)/t41-,45+/m0/s1. The predicted octanol–water partition coefficient (Wildman–Crippen LogP) is 8.39. The van der Waals surface area contributed by atoms with Gasteiger partial charge in [-0.2, -0.15) is 18.4 Å². The van der Waals surface area contributed by atoms with Gasteiger partial charge in [0, 0.05) is 38.3 Å². The van der Waals surface area contributed by atoms with Crippen molar-refractivity contribution in [1.82, 2.24) is 25.8 Å². The molecule has 3 aromatic carbocycles. The summed E-state index contributed by atoms with van der Waals surface area (Å²) in [5.74, 6) is -1.55. The number of amides is 5. The zero-order valence-electron chi connectivity index (χ0n) is 40.9. The first kappa shape index (κ1) is 54.1. The van der Waals surface area contributed by atoms with E-state index < -0.39 is 52.2 Å². The molecule has 2 aliphatic rings. The zero-order valence-corrected chi connectivity index (χ0v) is 42.5. The van der Waals surface area contributed by atoms with Crippen molar-refractivity contribution < 1.29 is 41.9 Å². The minimum absolute atomic E-state index is 0.00541. The molecule has 14 nitrogen and oxygen atoms in total. The highest BCUT2D eigenvalue weighted by molar-refractivity contribution is 7.81. The van der Waals surface area contributed by atoms with E-state index in [1.807, 2.05) is 69.6 Å². The lowest BCUT2D eigenvalue weighted by Crippen LogP contribution is -2.58. The van der Waals surface area contributed by atoms with Gasteiger partial charge in [0.05, 0.1) is 39.0 Å². The number of nitrogens with one attached hydrogen (secondary N) is 3. The van der Waals surface area contributed by atoms with Gasteiger partial charge in [-0.05, 0) is 130 Å². The number of hydrogen-bond acceptors (Lipinski definition) is 10. The number of carbonyl (C=O) groups excluding carboxylic acids is 5. The molecule has 4 aromatic rings. The first-order chi connectivity index (χ1) is 33.6. The van der Waals surface area contributed by atoms with Crippen LogP contribution in [0.1, 0.15) is 108 Å². The second-order valence-electron chi connectivity index (χ2n) is 19.4. The molecule has 2 atom stereocenters. The molecule has 0 aliphatic carbocycles. The van der Waals surface area contributed by atoms with Gasteiger partial charge >= 0.3 is 6.18 Å². The molecule has 0 spiro atoms. The molecule has 2 saturated heterocycles. The quantitative estimate of drug-likeness (QED) is 0.0576. The maximum Gasteiger partial charge on any atom is 0.417 e. The van der Waals surface area contributed by atoms with E-state index in [9.17, 15) is 42.4 Å². The van der Waals surface area contributed by atoms with E-state index in [2.05, 4.69) is 20.9 Å². The normalized spacial score (nSPS) is 16.2. The smallest absolute Gasteiger partial charge is 0.372 e. The number of ether oxygens (including phenoxy) is 1. The van der Waals surface area contributed by atoms with Crippen molar-refractivity contribution in [2.45, 2.75) is 123 Å². The molecule has 2 fully saturated rings. The van der Waals surface area contributed by atoms with E-state index in [1.165, 1.54) is 6.07 Å². The van der Waals surface area contributed by atoms with Crippen molar-refractivity contribution in [1.29, 1.82) is 5.26 Å². The van der Waals surface area contributed by atoms with Gasteiger partial charge in [0.2, 0.25) is 23.6 Å². The predicted molar refractivity (Wildman–Crippen MR) is 270 cm³/mol. The average Bonchev–Trinajstić information content (AvgIpc) is 4.04. The lowest BCUT2D eigenvalue weighted by atomic mass is 9.85. The second kappa shape index (κ2) is 23.3. The van der Waals surface area contributed by atoms with Gasteiger partial charge in [0.25, 0.3) is 5.91 Å². The minimum Gasteiger partial charge on any atom is -0.372 e. The van der Waals surface area contributed by atoms with E-state index in [1.54, 1.807) is 53.2 Å². The van der Waals surface area contributed by atoms with Crippen LogP contribution in [0.25, 0.3) is 10.4 Å². The first-order valence-electron chi connectivity index (χ1n) is 23.7. The second-order valence-corrected chi connectivity index (χ2v) is 20.6. The Morgan fingerprint density at radius 1 is 0.944 bits per heavy atom. The third kappa shape index (κ3) is 13.4. The molecule has 0 unspecified atom stereocenters. The molecule has 3 N–H and O–H groups in total. The molecule has 5 amide bonds. The van der Waals surface area contributed by atoms with Crippen LogP contribution in [0.5, 0.6) is 0 Å². The molecular weight excluding hydrogens is 954 g/mol. The molecule has 71 heavy (non-hydrogen) atoms. The van der Waals surface area contributed by atoms with Crippen molar-refractivity contribution in [2.24, 2.45) is 5.41 Å². The number of unbranched alkanes of at least 4 members (excludes halogenated alkanes) is 2. The Balaban J connectivity index is 0.857. The molecule has 0 radical (unpaired) electrons. The summed E-state index contributed by atoms with van der Waals surface area (Å²) in [4.78, 5) is 76.1. The molecule has 19 heteroatoms. The summed E-state index contributed by atoms with van der Waals surface area (Å²) in [5.41, 5.74) is 2.68. The summed E-state index contributed by atoms with van der Waals surface area (Å²) in [6.07, 6.45) is 0.0628. The van der Waals surface area contributed by atoms with E-state index >= 15 is 0 Å². The number of carbonyl (C=O) groups is 5. The number of likely N-dealkylation sites (tertiary alicyclic amines) is 1. The lowest BCUT2D eigenvalue weighted by Gasteiger charge is -2.35. The monoisotopic (exact) mass is 1010 g/mol. The van der Waals surface area contributed by atoms with Gasteiger partial charge in [-0.15, -0.1) is 11.3 Å². The highest BCUT2D eigenvalue weighted by Crippen LogP contribution is 2.40. The number of halogens is 3. The number of aromatic nitrogens is 1. The fourth-order valence-electron chi connectivity index (χ4n) is 8.69. The van der Waals surface area contributed by atoms with Crippen LogP contribution >= 0.6 is 23.6 Å². The van der Waals surface area contributed by atoms with Crippen molar-refractivity contribution in [3.63, 3.8) is 0 Å². The Labute approximate surface area is 422 Å². The molecular formula is C52H61F3N8O6S2. The average molecular weight is 1020 g/mol. The van der Waals surface area contributed by atoms with Gasteiger partial charge in [0.15, 0.2) is 5.11 Å². The Kier molecular flexibility index (Phi) is 17.8. The fraction of sp³-hybridized carbons (Fsp3) is 0.462. The number of thiazole rings is 1. The molecule has 1 aromatic heterocycles. The number of anilines is 2. The van der Waals surface area contributed by atoms with Crippen molar-refractivity contribution in [3.05, 3.63) is 100 Å². The highest BCUT2D eigenvalue weighted by atomic mass is 32.1. The molecule has 378 valence electrons. The van der Waals surface area contributed by atoms with Crippen LogP contribution in [0, 0.1) is 23.7 Å². The maximum atomic E-state index is 13.9. The van der Waals surface area contributed by atoms with Crippen molar-refractivity contribution in [3.8, 4) is 16.5 Å². The summed E-state index contributed by atoms with van der Waals surface area (Å²) in [6, 6.07) is 18.4. The molecule has 0 bridgehead atoms. The fourth-order valence-corrected chi connectivity index (χ4v) is 10.0.